The minimum absolute atomic E-state index is 0.0252. The Labute approximate surface area is 237 Å². The molecule has 1 amide bonds. The van der Waals surface area contributed by atoms with Crippen LogP contribution in [0.25, 0.3) is 0 Å². The van der Waals surface area contributed by atoms with Crippen LogP contribution < -0.4 is 5.63 Å². The number of carbonyl (C=O) groups excluding carboxylic acids is 1. The van der Waals surface area contributed by atoms with Crippen molar-refractivity contribution >= 4 is 6.09 Å². The van der Waals surface area contributed by atoms with Gasteiger partial charge in [0.15, 0.2) is 0 Å². The Kier molecular flexibility index (Phi) is 6.63. The largest absolute Gasteiger partial charge is 0.448 e. The third kappa shape index (κ3) is 4.03. The summed E-state index contributed by atoms with van der Waals surface area (Å²) in [4.78, 5) is 28.7. The van der Waals surface area contributed by atoms with E-state index in [9.17, 15) is 9.59 Å². The van der Waals surface area contributed by atoms with Crippen molar-refractivity contribution in [1.82, 2.24) is 9.80 Å². The molecular weight excluding hydrogens is 508 g/mol. The van der Waals surface area contributed by atoms with Gasteiger partial charge in [0.1, 0.15) is 12.2 Å². The first kappa shape index (κ1) is 27.0. The van der Waals surface area contributed by atoms with E-state index in [-0.39, 0.29) is 28.8 Å². The summed E-state index contributed by atoms with van der Waals surface area (Å²) < 4.78 is 23.1. The Bertz CT molecular complexity index is 1160. The molecule has 4 aliphatic carbocycles. The van der Waals surface area contributed by atoms with Crippen molar-refractivity contribution < 1.29 is 23.4 Å². The molecule has 1 spiro atoms. The van der Waals surface area contributed by atoms with Crippen LogP contribution in [0, 0.1) is 28.6 Å². The number of carbonyl (C=O) groups is 1. The van der Waals surface area contributed by atoms with Crippen LogP contribution in [0.1, 0.15) is 76.7 Å². The standard InChI is InChI=1S/C32H46N2O6/c1-30-10-8-23(33(3)29(36)38-17-14-34-12-15-37-16-13-34)18-22(30)5-6-25-24(30)9-11-31(2)26(19-27-32(25,31)40-27)21-4-7-28(35)39-20-21/h4,7,20,22-27H,5-6,8-19H2,1-3H3/t22-,23+,24+,25-,26-,27-,30+,31-,32-/m1/s1. The summed E-state index contributed by atoms with van der Waals surface area (Å²) in [6.07, 6.45) is 11.0. The topological polar surface area (TPSA) is 84.8 Å². The third-order valence-electron chi connectivity index (χ3n) is 12.8. The number of morpholine rings is 1. The second-order valence-corrected chi connectivity index (χ2v) is 14.1. The van der Waals surface area contributed by atoms with Crippen molar-refractivity contribution in [3.63, 3.8) is 0 Å². The number of hydrogen-bond acceptors (Lipinski definition) is 7. The minimum atomic E-state index is -0.277. The highest BCUT2D eigenvalue weighted by Gasteiger charge is 2.80. The van der Waals surface area contributed by atoms with Gasteiger partial charge in [0.25, 0.3) is 0 Å². The van der Waals surface area contributed by atoms with Gasteiger partial charge in [-0.25, -0.2) is 9.59 Å². The summed E-state index contributed by atoms with van der Waals surface area (Å²) in [5.74, 6) is 2.29. The lowest BCUT2D eigenvalue weighted by molar-refractivity contribution is -0.133. The molecule has 0 unspecified atom stereocenters. The van der Waals surface area contributed by atoms with Crippen LogP contribution in [0.2, 0.25) is 0 Å². The fraction of sp³-hybridized carbons (Fsp3) is 0.812. The molecule has 2 aliphatic heterocycles. The second-order valence-electron chi connectivity index (χ2n) is 14.1. The zero-order valence-electron chi connectivity index (χ0n) is 24.4. The van der Waals surface area contributed by atoms with Gasteiger partial charge in [0.2, 0.25) is 0 Å². The average molecular weight is 555 g/mol. The number of rotatable bonds is 5. The quantitative estimate of drug-likeness (QED) is 0.489. The van der Waals surface area contributed by atoms with Gasteiger partial charge in [-0.2, -0.15) is 0 Å². The van der Waals surface area contributed by atoms with E-state index >= 15 is 0 Å². The van der Waals surface area contributed by atoms with Gasteiger partial charge in [-0.1, -0.05) is 13.8 Å². The molecule has 6 fully saturated rings. The summed E-state index contributed by atoms with van der Waals surface area (Å²) >= 11 is 0. The van der Waals surface area contributed by atoms with E-state index in [1.807, 2.05) is 18.0 Å². The van der Waals surface area contributed by atoms with Crippen LogP contribution in [0.15, 0.2) is 27.6 Å². The summed E-state index contributed by atoms with van der Waals surface area (Å²) in [7, 11) is 1.94. The van der Waals surface area contributed by atoms with Crippen LogP contribution in [0.5, 0.6) is 0 Å². The van der Waals surface area contributed by atoms with E-state index in [1.165, 1.54) is 25.7 Å². The minimum Gasteiger partial charge on any atom is -0.448 e. The van der Waals surface area contributed by atoms with Crippen molar-refractivity contribution in [2.75, 3.05) is 46.5 Å². The summed E-state index contributed by atoms with van der Waals surface area (Å²) in [5.41, 5.74) is 1.24. The summed E-state index contributed by atoms with van der Waals surface area (Å²) in [5, 5.41) is 0. The van der Waals surface area contributed by atoms with E-state index < -0.39 is 0 Å². The van der Waals surface area contributed by atoms with Crippen LogP contribution in [-0.2, 0) is 14.2 Å². The van der Waals surface area contributed by atoms with Crippen molar-refractivity contribution in [2.24, 2.45) is 28.6 Å². The SMILES string of the molecule is CN(C(=O)OCCN1CCOCC1)[C@H]1CC[C@@]2(C)[C@H](CC[C@@H]3[C@@H]2CC[C@]2(C)[C@@H](c4ccc(=O)oc4)C[C@H]4O[C@]342)C1. The third-order valence-corrected chi connectivity index (χ3v) is 12.8. The van der Waals surface area contributed by atoms with E-state index in [0.717, 1.165) is 64.1 Å². The Balaban J connectivity index is 1.00. The number of hydrogen-bond donors (Lipinski definition) is 0. The van der Waals surface area contributed by atoms with Gasteiger partial charge in [-0.05, 0) is 92.1 Å². The monoisotopic (exact) mass is 554 g/mol. The van der Waals surface area contributed by atoms with Gasteiger partial charge >= 0.3 is 11.7 Å². The zero-order chi connectivity index (χ0) is 27.7. The van der Waals surface area contributed by atoms with Crippen LogP contribution >= 0.6 is 0 Å². The molecule has 7 rings (SSSR count). The van der Waals surface area contributed by atoms with Crippen LogP contribution in [-0.4, -0.2) is 80.1 Å². The molecule has 6 aliphatic rings. The fourth-order valence-electron chi connectivity index (χ4n) is 10.4. The molecule has 0 radical (unpaired) electrons. The van der Waals surface area contributed by atoms with Gasteiger partial charge in [0.05, 0.1) is 25.6 Å². The van der Waals surface area contributed by atoms with Gasteiger partial charge < -0.3 is 23.5 Å². The van der Waals surface area contributed by atoms with Crippen molar-refractivity contribution in [2.45, 2.75) is 88.9 Å². The zero-order valence-corrected chi connectivity index (χ0v) is 24.4. The first-order valence-electron chi connectivity index (χ1n) is 15.7. The van der Waals surface area contributed by atoms with Crippen LogP contribution in [0.4, 0.5) is 4.79 Å². The normalized spacial score (nSPS) is 44.1. The molecule has 40 heavy (non-hydrogen) atoms. The lowest BCUT2D eigenvalue weighted by atomic mass is 9.44. The highest BCUT2D eigenvalue weighted by atomic mass is 16.6. The number of nitrogens with zero attached hydrogens (tertiary/aromatic N) is 2. The lowest BCUT2D eigenvalue weighted by Gasteiger charge is -2.61. The molecule has 3 heterocycles. The fourth-order valence-corrected chi connectivity index (χ4v) is 10.4. The Morgan fingerprint density at radius 1 is 1.07 bits per heavy atom. The molecule has 1 aromatic rings. The van der Waals surface area contributed by atoms with E-state index in [2.05, 4.69) is 18.7 Å². The molecule has 8 heteroatoms. The molecule has 0 bridgehead atoms. The van der Waals surface area contributed by atoms with Gasteiger partial charge in [-0.15, -0.1) is 0 Å². The molecular formula is C32H46N2O6. The van der Waals surface area contributed by atoms with Crippen molar-refractivity contribution in [3.8, 4) is 0 Å². The van der Waals surface area contributed by atoms with Crippen molar-refractivity contribution in [3.05, 3.63) is 34.4 Å². The molecule has 0 aromatic carbocycles. The molecule has 220 valence electrons. The predicted molar refractivity (Wildman–Crippen MR) is 149 cm³/mol. The first-order chi connectivity index (χ1) is 19.3. The molecule has 1 aromatic heterocycles. The molecule has 0 N–H and O–H groups in total. The Hall–Kier alpha value is -1.90. The van der Waals surface area contributed by atoms with Gasteiger partial charge in [-0.3, -0.25) is 4.90 Å². The highest BCUT2D eigenvalue weighted by molar-refractivity contribution is 5.67. The molecule has 2 saturated heterocycles. The van der Waals surface area contributed by atoms with Crippen LogP contribution in [0.3, 0.4) is 0 Å². The first-order valence-corrected chi connectivity index (χ1v) is 15.7. The number of ether oxygens (including phenoxy) is 3. The lowest BCUT2D eigenvalue weighted by Crippen LogP contribution is -2.59. The second kappa shape index (κ2) is 9.84. The maximum atomic E-state index is 12.9. The maximum Gasteiger partial charge on any atom is 0.409 e. The van der Waals surface area contributed by atoms with Gasteiger partial charge in [0, 0.05) is 44.2 Å². The van der Waals surface area contributed by atoms with Crippen molar-refractivity contribution in [1.29, 1.82) is 0 Å². The highest BCUT2D eigenvalue weighted by Crippen LogP contribution is 2.78. The number of epoxide rings is 1. The predicted octanol–water partition coefficient (Wildman–Crippen LogP) is 4.67. The number of amides is 1. The van der Waals surface area contributed by atoms with E-state index in [1.54, 1.807) is 12.3 Å². The number of fused-ring (bicyclic) bond motifs is 3. The summed E-state index contributed by atoms with van der Waals surface area (Å²) in [6.45, 7) is 9.58. The smallest absolute Gasteiger partial charge is 0.409 e. The van der Waals surface area contributed by atoms with E-state index in [4.69, 9.17) is 18.6 Å². The average Bonchev–Trinajstić information content (AvgIpc) is 3.62. The molecule has 8 nitrogen and oxygen atoms in total. The van der Waals surface area contributed by atoms with E-state index in [0.29, 0.717) is 41.8 Å². The molecule has 9 atom stereocenters. The maximum absolute atomic E-state index is 12.9. The molecule has 4 saturated carbocycles. The Morgan fingerprint density at radius 3 is 2.67 bits per heavy atom. The summed E-state index contributed by atoms with van der Waals surface area (Å²) in [6, 6.07) is 3.81. The Morgan fingerprint density at radius 2 is 1.90 bits per heavy atom.